The maximum Gasteiger partial charge on any atom is 0.161 e. The van der Waals surface area contributed by atoms with Crippen molar-refractivity contribution in [1.82, 2.24) is 29.4 Å². The number of aromatic hydroxyl groups is 4. The van der Waals surface area contributed by atoms with Gasteiger partial charge >= 0.3 is 0 Å². The molecule has 12 aliphatic heterocycles. The van der Waals surface area contributed by atoms with Crippen molar-refractivity contribution in [3.05, 3.63) is 140 Å². The number of phenols is 4. The molecule has 6 aromatic carbocycles. The summed E-state index contributed by atoms with van der Waals surface area (Å²) >= 11 is 0. The van der Waals surface area contributed by atoms with Crippen LogP contribution in [0.4, 0.5) is 0 Å². The predicted octanol–water partition coefficient (Wildman–Crippen LogP) is 17.0. The molecule has 6 fully saturated rings. The van der Waals surface area contributed by atoms with Gasteiger partial charge < -0.3 is 89.0 Å². The molecule has 10 N–H and O–H groups in total. The second-order valence-corrected chi connectivity index (χ2v) is 43.4. The molecule has 0 radical (unpaired) electrons. The number of benzene rings is 6. The zero-order chi connectivity index (χ0) is 96.5. The molecule has 0 aliphatic carbocycles. The monoisotopic (exact) mass is 1860 g/mol. The van der Waals surface area contributed by atoms with Crippen molar-refractivity contribution < 1.29 is 89.0 Å². The Kier molecular flexibility index (Phi) is 36.0. The van der Waals surface area contributed by atoms with Crippen LogP contribution in [-0.2, 0) is 38.5 Å². The van der Waals surface area contributed by atoms with E-state index >= 15 is 0 Å². The lowest BCUT2D eigenvalue weighted by atomic mass is 9.79. The molecular weight excluding hydrogens is 1690 g/mol. The van der Waals surface area contributed by atoms with Gasteiger partial charge in [-0.1, -0.05) is 83.1 Å². The maximum atomic E-state index is 10.6. The number of phenolic OH excluding ortho intramolecular Hbond substituents is 4. The van der Waals surface area contributed by atoms with E-state index in [9.17, 15) is 51.1 Å². The lowest BCUT2D eigenvalue weighted by Gasteiger charge is -2.46. The van der Waals surface area contributed by atoms with Gasteiger partial charge in [0.25, 0.3) is 0 Å². The van der Waals surface area contributed by atoms with Gasteiger partial charge in [-0.05, 0) is 326 Å². The van der Waals surface area contributed by atoms with Crippen LogP contribution in [-0.4, -0.2) is 253 Å². The standard InChI is InChI=1S/2C19H29NO3.4C18H27NO3/c2*1-12(2)7-14-11-20-6-5-13-8-18(22-3)19(23-4)9-15(13)16(20)10-17(14)21;4*1-11(2)6-13-10-19-5-4-12-7-17(21)18(22-3)8-14(12)15(19)9-16(13)20/h2*8-9,12,14,16-17,21H,5-7,10-11H2,1-4H3;4*7-8,11,13,15-16,20-21H,4-6,9-10H2,1-3H3/t2*14-,16-,17+;2*13-,15-,16+;2*13-,15-,16-/m101010/s1. The summed E-state index contributed by atoms with van der Waals surface area (Å²) in [7, 11) is 13.0. The fraction of sp³-hybridized carbons (Fsp3) is 0.673. The zero-order valence-electron chi connectivity index (χ0n) is 84.4. The van der Waals surface area contributed by atoms with Gasteiger partial charge in [-0.15, -0.1) is 0 Å². The highest BCUT2D eigenvalue weighted by Gasteiger charge is 2.46. The summed E-state index contributed by atoms with van der Waals surface area (Å²) in [5.74, 6) is 12.1. The smallest absolute Gasteiger partial charge is 0.161 e. The summed E-state index contributed by atoms with van der Waals surface area (Å²) in [6.07, 6.45) is 15.8. The normalized spacial score (nSPS) is 28.0. The Bertz CT molecular complexity index is 4320. The first-order valence-corrected chi connectivity index (χ1v) is 50.6. The summed E-state index contributed by atoms with van der Waals surface area (Å²) in [6, 6.07) is 25.2. The molecule has 24 heteroatoms. The van der Waals surface area contributed by atoms with Crippen LogP contribution in [0.3, 0.4) is 0 Å². The third-order valence-corrected chi connectivity index (χ3v) is 31.4. The Balaban J connectivity index is 0.000000136. The number of piperidine rings is 6. The van der Waals surface area contributed by atoms with Crippen LogP contribution in [0.15, 0.2) is 72.8 Å². The number of fused-ring (bicyclic) bond motifs is 18. The van der Waals surface area contributed by atoms with Crippen molar-refractivity contribution >= 4 is 0 Å². The first-order chi connectivity index (χ1) is 64.0. The number of hydrogen-bond acceptors (Lipinski definition) is 24. The average Bonchev–Trinajstić information content (AvgIpc) is 0.785. The van der Waals surface area contributed by atoms with Crippen molar-refractivity contribution in [3.8, 4) is 69.0 Å². The molecule has 0 unspecified atom stereocenters. The van der Waals surface area contributed by atoms with Crippen LogP contribution in [0.1, 0.15) is 263 Å². The van der Waals surface area contributed by atoms with Crippen LogP contribution in [0.25, 0.3) is 0 Å². The van der Waals surface area contributed by atoms with Crippen LogP contribution in [0.2, 0.25) is 0 Å². The number of aliphatic hydroxyl groups excluding tert-OH is 6. The van der Waals surface area contributed by atoms with Gasteiger partial charge in [0, 0.05) is 115 Å². The molecule has 744 valence electrons. The van der Waals surface area contributed by atoms with Gasteiger partial charge in [0.05, 0.1) is 93.5 Å². The van der Waals surface area contributed by atoms with Gasteiger partial charge in [0.2, 0.25) is 0 Å². The molecule has 18 atom stereocenters. The largest absolute Gasteiger partial charge is 0.504 e. The number of methoxy groups -OCH3 is 8. The van der Waals surface area contributed by atoms with Gasteiger partial charge in [-0.2, -0.15) is 0 Å². The average molecular weight is 1860 g/mol. The number of ether oxygens (including phenoxy) is 8. The zero-order valence-corrected chi connectivity index (χ0v) is 84.4. The topological polar surface area (TPSA) is 296 Å². The first-order valence-electron chi connectivity index (χ1n) is 50.6. The Morgan fingerprint density at radius 1 is 0.224 bits per heavy atom. The van der Waals surface area contributed by atoms with Gasteiger partial charge in [0.15, 0.2) is 69.0 Å². The van der Waals surface area contributed by atoms with Crippen molar-refractivity contribution in [2.75, 3.05) is 135 Å². The van der Waals surface area contributed by atoms with Crippen molar-refractivity contribution in [2.45, 2.75) is 272 Å². The molecule has 0 aromatic heterocycles. The maximum absolute atomic E-state index is 10.6. The van der Waals surface area contributed by atoms with E-state index in [4.69, 9.17) is 37.9 Å². The molecule has 12 heterocycles. The van der Waals surface area contributed by atoms with Gasteiger partial charge in [0.1, 0.15) is 0 Å². The highest BCUT2D eigenvalue weighted by Crippen LogP contribution is 2.52. The van der Waals surface area contributed by atoms with Gasteiger partial charge in [-0.25, -0.2) is 0 Å². The fourth-order valence-electron chi connectivity index (χ4n) is 25.0. The van der Waals surface area contributed by atoms with Crippen molar-refractivity contribution in [2.24, 2.45) is 71.0 Å². The van der Waals surface area contributed by atoms with E-state index in [1.165, 1.54) is 66.8 Å². The molecule has 24 nitrogen and oxygen atoms in total. The molecule has 12 aliphatic rings. The van der Waals surface area contributed by atoms with Crippen molar-refractivity contribution in [3.63, 3.8) is 0 Å². The fourth-order valence-corrected chi connectivity index (χ4v) is 25.0. The molecule has 6 aromatic rings. The minimum absolute atomic E-state index is 0.210. The van der Waals surface area contributed by atoms with E-state index < -0.39 is 0 Å². The highest BCUT2D eigenvalue weighted by atomic mass is 16.5. The van der Waals surface area contributed by atoms with E-state index in [1.807, 2.05) is 48.5 Å². The summed E-state index contributed by atoms with van der Waals surface area (Å²) in [5.41, 5.74) is 14.9. The number of hydrogen-bond donors (Lipinski definition) is 10. The third kappa shape index (κ3) is 24.5. The lowest BCUT2D eigenvalue weighted by Crippen LogP contribution is -2.48. The number of rotatable bonds is 20. The summed E-state index contributed by atoms with van der Waals surface area (Å²) in [4.78, 5) is 15.1. The molecule has 6 saturated heterocycles. The molecule has 0 spiro atoms. The predicted molar refractivity (Wildman–Crippen MR) is 527 cm³/mol. The molecule has 0 amide bonds. The second kappa shape index (κ2) is 46.5. The Hall–Kier alpha value is -7.56. The molecule has 134 heavy (non-hydrogen) atoms. The minimum Gasteiger partial charge on any atom is -0.504 e. The van der Waals surface area contributed by atoms with Crippen LogP contribution < -0.4 is 37.9 Å². The third-order valence-electron chi connectivity index (χ3n) is 31.4. The number of aliphatic hydroxyl groups is 6. The molecule has 0 saturated carbocycles. The molecule has 0 bridgehead atoms. The van der Waals surface area contributed by atoms with E-state index in [-0.39, 0.29) is 83.8 Å². The SMILES string of the molecule is COc1cc2c(cc1O)CCN1C[C@@H](CC(C)C)[C@@H](O)C[C@H]21.COc1cc2c(cc1O)CCN1C[C@@H](CC(C)C)[C@H](O)C[C@H]21.COc1cc2c(cc1O)CCN1C[C@H](CC(C)C)[C@@H](O)C[C@@H]21.COc1cc2c(cc1O)CCN1C[C@H](CC(C)C)[C@H](O)C[C@@H]21.COc1cc2c(cc1OC)[C@@H]1C[C@@H](O)[C@@H](CC(C)C)CN1CC2.COc1cc2c(cc1OC)[C@H]1C[C@H](O)[C@H](CC(C)C)CN1CC2. The molecular formula is C110H166N6O18. The van der Waals surface area contributed by atoms with Crippen LogP contribution >= 0.6 is 0 Å². The molecule has 18 rings (SSSR count). The van der Waals surface area contributed by atoms with Gasteiger partial charge in [-0.3, -0.25) is 29.4 Å². The van der Waals surface area contributed by atoms with Crippen LogP contribution in [0.5, 0.6) is 69.0 Å². The quantitative estimate of drug-likeness (QED) is 0.0340. The van der Waals surface area contributed by atoms with Crippen LogP contribution in [0, 0.1) is 71.0 Å². The van der Waals surface area contributed by atoms with E-state index in [0.717, 1.165) is 217 Å². The first kappa shape index (κ1) is 104. The van der Waals surface area contributed by atoms with E-state index in [0.29, 0.717) is 106 Å². The lowest BCUT2D eigenvalue weighted by molar-refractivity contribution is -0.0192. The Labute approximate surface area is 800 Å². The second-order valence-electron chi connectivity index (χ2n) is 43.4. The summed E-state index contributed by atoms with van der Waals surface area (Å²) < 4.78 is 42.9. The van der Waals surface area contributed by atoms with E-state index in [1.54, 1.807) is 56.9 Å². The van der Waals surface area contributed by atoms with E-state index in [2.05, 4.69) is 137 Å². The Morgan fingerprint density at radius 2 is 0.366 bits per heavy atom. The summed E-state index contributed by atoms with van der Waals surface area (Å²) in [6.45, 7) is 38.7. The minimum atomic E-state index is -0.241. The highest BCUT2D eigenvalue weighted by molar-refractivity contribution is 5.55. The Morgan fingerprint density at radius 3 is 0.515 bits per heavy atom. The van der Waals surface area contributed by atoms with Crippen molar-refractivity contribution in [1.29, 1.82) is 0 Å². The summed E-state index contributed by atoms with van der Waals surface area (Å²) in [5, 5.41) is 103. The number of nitrogens with zero attached hydrogens (tertiary/aromatic N) is 6.